The van der Waals surface area contributed by atoms with E-state index in [9.17, 15) is 0 Å². The first kappa shape index (κ1) is 10.6. The van der Waals surface area contributed by atoms with Crippen molar-refractivity contribution in [2.75, 3.05) is 26.8 Å². The lowest BCUT2D eigenvalue weighted by molar-refractivity contribution is 0.0276. The Hall–Kier alpha value is -0.900. The summed E-state index contributed by atoms with van der Waals surface area (Å²) in [5, 5.41) is 3.33. The van der Waals surface area contributed by atoms with Gasteiger partial charge in [-0.3, -0.25) is 0 Å². The molecule has 3 heteroatoms. The lowest BCUT2D eigenvalue weighted by Crippen LogP contribution is -2.33. The first-order valence-corrected chi connectivity index (χ1v) is 5.30. The Bertz CT molecular complexity index is 308. The van der Waals surface area contributed by atoms with Gasteiger partial charge in [-0.25, -0.2) is 0 Å². The van der Waals surface area contributed by atoms with Crippen molar-refractivity contribution in [3.63, 3.8) is 0 Å². The Morgan fingerprint density at radius 1 is 1.53 bits per heavy atom. The van der Waals surface area contributed by atoms with E-state index in [2.05, 4.69) is 29.6 Å². The van der Waals surface area contributed by atoms with E-state index < -0.39 is 0 Å². The SMILES string of the molecule is COCc1cccc(C2CNCCO2)c1. The molecule has 0 amide bonds. The molecule has 0 radical (unpaired) electrons. The molecule has 0 spiro atoms. The molecule has 0 aliphatic carbocycles. The van der Waals surface area contributed by atoms with Gasteiger partial charge in [0.2, 0.25) is 0 Å². The zero-order chi connectivity index (χ0) is 10.5. The molecule has 1 fully saturated rings. The van der Waals surface area contributed by atoms with Crippen molar-refractivity contribution in [3.8, 4) is 0 Å². The molecule has 3 nitrogen and oxygen atoms in total. The Balaban J connectivity index is 2.09. The highest BCUT2D eigenvalue weighted by molar-refractivity contribution is 5.25. The van der Waals surface area contributed by atoms with E-state index in [-0.39, 0.29) is 6.10 Å². The van der Waals surface area contributed by atoms with Gasteiger partial charge in [0.15, 0.2) is 0 Å². The summed E-state index contributed by atoms with van der Waals surface area (Å²) in [5.74, 6) is 0. The molecule has 0 bridgehead atoms. The number of morpholine rings is 1. The summed E-state index contributed by atoms with van der Waals surface area (Å²) >= 11 is 0. The highest BCUT2D eigenvalue weighted by Crippen LogP contribution is 2.19. The number of hydrogen-bond acceptors (Lipinski definition) is 3. The molecule has 1 atom stereocenters. The molecule has 1 aromatic carbocycles. The van der Waals surface area contributed by atoms with Gasteiger partial charge in [0.1, 0.15) is 0 Å². The number of methoxy groups -OCH3 is 1. The first-order chi connectivity index (χ1) is 7.40. The van der Waals surface area contributed by atoms with Crippen LogP contribution in [0.2, 0.25) is 0 Å². The van der Waals surface area contributed by atoms with Crippen LogP contribution in [0.5, 0.6) is 0 Å². The molecule has 1 saturated heterocycles. The number of benzene rings is 1. The minimum Gasteiger partial charge on any atom is -0.380 e. The van der Waals surface area contributed by atoms with Crippen LogP contribution in [0.25, 0.3) is 0 Å². The largest absolute Gasteiger partial charge is 0.380 e. The third-order valence-electron chi connectivity index (χ3n) is 2.56. The van der Waals surface area contributed by atoms with E-state index >= 15 is 0 Å². The fraction of sp³-hybridized carbons (Fsp3) is 0.500. The van der Waals surface area contributed by atoms with Crippen molar-refractivity contribution < 1.29 is 9.47 Å². The molecule has 82 valence electrons. The van der Waals surface area contributed by atoms with Crippen molar-refractivity contribution in [1.82, 2.24) is 5.32 Å². The normalized spacial score (nSPS) is 21.5. The van der Waals surface area contributed by atoms with Gasteiger partial charge in [0.25, 0.3) is 0 Å². The minimum atomic E-state index is 0.190. The molecule has 2 rings (SSSR count). The zero-order valence-corrected chi connectivity index (χ0v) is 9.03. The summed E-state index contributed by atoms with van der Waals surface area (Å²) < 4.78 is 10.8. The predicted molar refractivity (Wildman–Crippen MR) is 58.7 cm³/mol. The molecule has 1 unspecified atom stereocenters. The Kier molecular flexibility index (Phi) is 3.72. The maximum Gasteiger partial charge on any atom is 0.0949 e. The van der Waals surface area contributed by atoms with Crippen LogP contribution in [-0.4, -0.2) is 26.8 Å². The van der Waals surface area contributed by atoms with Crippen LogP contribution in [0.3, 0.4) is 0 Å². The minimum absolute atomic E-state index is 0.190. The smallest absolute Gasteiger partial charge is 0.0949 e. The highest BCUT2D eigenvalue weighted by Gasteiger charge is 2.15. The van der Waals surface area contributed by atoms with E-state index in [4.69, 9.17) is 9.47 Å². The summed E-state index contributed by atoms with van der Waals surface area (Å²) in [6, 6.07) is 8.39. The summed E-state index contributed by atoms with van der Waals surface area (Å²) in [6.07, 6.45) is 0.190. The molecule has 0 aromatic heterocycles. The van der Waals surface area contributed by atoms with Gasteiger partial charge in [0, 0.05) is 20.2 Å². The topological polar surface area (TPSA) is 30.5 Å². The highest BCUT2D eigenvalue weighted by atomic mass is 16.5. The molecule has 1 heterocycles. The summed E-state index contributed by atoms with van der Waals surface area (Å²) in [6.45, 7) is 3.30. The van der Waals surface area contributed by atoms with Crippen LogP contribution in [0.4, 0.5) is 0 Å². The fourth-order valence-electron chi connectivity index (χ4n) is 1.83. The first-order valence-electron chi connectivity index (χ1n) is 5.30. The van der Waals surface area contributed by atoms with Crippen LogP contribution in [0.1, 0.15) is 17.2 Å². The average Bonchev–Trinajstić information content (AvgIpc) is 2.31. The lowest BCUT2D eigenvalue weighted by Gasteiger charge is -2.24. The van der Waals surface area contributed by atoms with Crippen molar-refractivity contribution >= 4 is 0 Å². The molecule has 15 heavy (non-hydrogen) atoms. The van der Waals surface area contributed by atoms with E-state index in [1.807, 2.05) is 0 Å². The standard InChI is InChI=1S/C12H17NO2/c1-14-9-10-3-2-4-11(7-10)12-8-13-5-6-15-12/h2-4,7,12-13H,5-6,8-9H2,1H3. The maximum absolute atomic E-state index is 5.69. The molecule has 0 saturated carbocycles. The van der Waals surface area contributed by atoms with E-state index in [0.717, 1.165) is 19.7 Å². The van der Waals surface area contributed by atoms with E-state index in [1.165, 1.54) is 11.1 Å². The van der Waals surface area contributed by atoms with Crippen LogP contribution >= 0.6 is 0 Å². The van der Waals surface area contributed by atoms with Gasteiger partial charge >= 0.3 is 0 Å². The fourth-order valence-corrected chi connectivity index (χ4v) is 1.83. The molecular weight excluding hydrogens is 190 g/mol. The quantitative estimate of drug-likeness (QED) is 0.814. The van der Waals surface area contributed by atoms with Gasteiger partial charge in [-0.1, -0.05) is 24.3 Å². The zero-order valence-electron chi connectivity index (χ0n) is 9.03. The lowest BCUT2D eigenvalue weighted by atomic mass is 10.1. The van der Waals surface area contributed by atoms with Crippen LogP contribution < -0.4 is 5.32 Å². The van der Waals surface area contributed by atoms with Crippen molar-refractivity contribution in [2.24, 2.45) is 0 Å². The molecule has 1 aliphatic heterocycles. The third kappa shape index (κ3) is 2.78. The van der Waals surface area contributed by atoms with Crippen molar-refractivity contribution in [2.45, 2.75) is 12.7 Å². The predicted octanol–water partition coefficient (Wildman–Crippen LogP) is 1.49. The van der Waals surface area contributed by atoms with E-state index in [0.29, 0.717) is 6.61 Å². The van der Waals surface area contributed by atoms with Crippen molar-refractivity contribution in [3.05, 3.63) is 35.4 Å². The molecule has 1 aliphatic rings. The Labute approximate surface area is 90.4 Å². The van der Waals surface area contributed by atoms with Gasteiger partial charge in [0.05, 0.1) is 19.3 Å². The molecule has 1 aromatic rings. The summed E-state index contributed by atoms with van der Waals surface area (Å²) in [5.41, 5.74) is 2.43. The molecular formula is C12H17NO2. The Morgan fingerprint density at radius 3 is 3.20 bits per heavy atom. The maximum atomic E-state index is 5.69. The van der Waals surface area contributed by atoms with Gasteiger partial charge in [-0.05, 0) is 11.1 Å². The van der Waals surface area contributed by atoms with Crippen LogP contribution in [0, 0.1) is 0 Å². The number of nitrogens with one attached hydrogen (secondary N) is 1. The van der Waals surface area contributed by atoms with Crippen LogP contribution in [0.15, 0.2) is 24.3 Å². The summed E-state index contributed by atoms with van der Waals surface area (Å²) in [7, 11) is 1.71. The second-order valence-corrected chi connectivity index (χ2v) is 3.74. The van der Waals surface area contributed by atoms with Gasteiger partial charge in [-0.2, -0.15) is 0 Å². The van der Waals surface area contributed by atoms with Gasteiger partial charge in [-0.15, -0.1) is 0 Å². The van der Waals surface area contributed by atoms with Crippen molar-refractivity contribution in [1.29, 1.82) is 0 Å². The average molecular weight is 207 g/mol. The van der Waals surface area contributed by atoms with E-state index in [1.54, 1.807) is 7.11 Å². The number of ether oxygens (including phenoxy) is 2. The summed E-state index contributed by atoms with van der Waals surface area (Å²) in [4.78, 5) is 0. The third-order valence-corrected chi connectivity index (χ3v) is 2.56. The number of hydrogen-bond donors (Lipinski definition) is 1. The number of rotatable bonds is 3. The van der Waals surface area contributed by atoms with Crippen LogP contribution in [-0.2, 0) is 16.1 Å². The second kappa shape index (κ2) is 5.26. The molecule has 1 N–H and O–H groups in total. The van der Waals surface area contributed by atoms with Gasteiger partial charge < -0.3 is 14.8 Å². The second-order valence-electron chi connectivity index (χ2n) is 3.74. The Morgan fingerprint density at radius 2 is 2.47 bits per heavy atom. The monoisotopic (exact) mass is 207 g/mol.